The van der Waals surface area contributed by atoms with E-state index in [2.05, 4.69) is 27.1 Å². The van der Waals surface area contributed by atoms with Crippen LogP contribution in [-0.4, -0.2) is 33.4 Å². The van der Waals surface area contributed by atoms with E-state index in [-0.39, 0.29) is 0 Å². The van der Waals surface area contributed by atoms with Gasteiger partial charge in [-0.15, -0.1) is 15.3 Å². The van der Waals surface area contributed by atoms with Gasteiger partial charge in [0.25, 0.3) is 0 Å². The van der Waals surface area contributed by atoms with E-state index in [0.29, 0.717) is 0 Å². The molecule has 0 saturated heterocycles. The van der Waals surface area contributed by atoms with Crippen LogP contribution in [0, 0.1) is 0 Å². The van der Waals surface area contributed by atoms with E-state index in [9.17, 15) is 0 Å². The Bertz CT molecular complexity index is 422. The lowest BCUT2D eigenvalue weighted by atomic mass is 10.4. The van der Waals surface area contributed by atoms with Crippen molar-refractivity contribution >= 4 is 11.5 Å². The molecule has 0 aliphatic rings. The summed E-state index contributed by atoms with van der Waals surface area (Å²) in [5, 5.41) is 12.0. The summed E-state index contributed by atoms with van der Waals surface area (Å²) in [4.78, 5) is 2.11. The lowest BCUT2D eigenvalue weighted by molar-refractivity contribution is 0.807. The van der Waals surface area contributed by atoms with Crippen molar-refractivity contribution in [2.45, 2.75) is 13.3 Å². The summed E-state index contributed by atoms with van der Waals surface area (Å²) >= 11 is 0. The van der Waals surface area contributed by atoms with E-state index in [1.54, 1.807) is 10.8 Å². The minimum absolute atomic E-state index is 0.777. The number of anilines is 1. The van der Waals surface area contributed by atoms with Crippen LogP contribution in [0.5, 0.6) is 0 Å². The summed E-state index contributed by atoms with van der Waals surface area (Å²) in [5.41, 5.74) is 0.777. The van der Waals surface area contributed by atoms with Gasteiger partial charge in [-0.25, -0.2) is 0 Å². The van der Waals surface area contributed by atoms with Gasteiger partial charge in [0.1, 0.15) is 12.1 Å². The van der Waals surface area contributed by atoms with Gasteiger partial charge in [0, 0.05) is 13.6 Å². The third-order valence-electron chi connectivity index (χ3n) is 2.10. The minimum Gasteiger partial charge on any atom is -0.358 e. The van der Waals surface area contributed by atoms with E-state index < -0.39 is 0 Å². The van der Waals surface area contributed by atoms with Gasteiger partial charge < -0.3 is 4.90 Å². The van der Waals surface area contributed by atoms with Crippen LogP contribution in [0.25, 0.3) is 5.65 Å². The Labute approximate surface area is 82.4 Å². The molecular formula is C9H13N5. The van der Waals surface area contributed by atoms with E-state index in [0.717, 1.165) is 24.4 Å². The predicted molar refractivity (Wildman–Crippen MR) is 54.3 cm³/mol. The Morgan fingerprint density at radius 1 is 1.43 bits per heavy atom. The van der Waals surface area contributed by atoms with Crippen molar-refractivity contribution in [2.75, 3.05) is 18.5 Å². The number of hydrogen-bond acceptors (Lipinski definition) is 4. The molecule has 0 fully saturated rings. The molecule has 2 aromatic heterocycles. The SMILES string of the molecule is CCCN(C)c1ccc2nncn2n1. The predicted octanol–water partition coefficient (Wildman–Crippen LogP) is 0.970. The summed E-state index contributed by atoms with van der Waals surface area (Å²) in [7, 11) is 2.03. The largest absolute Gasteiger partial charge is 0.358 e. The van der Waals surface area contributed by atoms with Crippen molar-refractivity contribution < 1.29 is 0 Å². The van der Waals surface area contributed by atoms with Gasteiger partial charge in [-0.05, 0) is 18.6 Å². The van der Waals surface area contributed by atoms with Crippen LogP contribution in [-0.2, 0) is 0 Å². The van der Waals surface area contributed by atoms with Crippen LogP contribution in [0.4, 0.5) is 5.82 Å². The molecule has 2 aromatic rings. The van der Waals surface area contributed by atoms with Crippen LogP contribution >= 0.6 is 0 Å². The molecule has 0 aromatic carbocycles. The molecule has 0 N–H and O–H groups in total. The molecule has 0 saturated carbocycles. The van der Waals surface area contributed by atoms with Crippen molar-refractivity contribution in [2.24, 2.45) is 0 Å². The van der Waals surface area contributed by atoms with E-state index in [4.69, 9.17) is 0 Å². The number of hydrogen-bond donors (Lipinski definition) is 0. The van der Waals surface area contributed by atoms with Crippen LogP contribution in [0.3, 0.4) is 0 Å². The Morgan fingerprint density at radius 2 is 2.29 bits per heavy atom. The van der Waals surface area contributed by atoms with Gasteiger partial charge in [0.15, 0.2) is 5.65 Å². The first-order valence-electron chi connectivity index (χ1n) is 4.69. The van der Waals surface area contributed by atoms with Crippen molar-refractivity contribution in [3.8, 4) is 0 Å². The topological polar surface area (TPSA) is 46.3 Å². The van der Waals surface area contributed by atoms with Crippen LogP contribution in [0.2, 0.25) is 0 Å². The third-order valence-corrected chi connectivity index (χ3v) is 2.10. The van der Waals surface area contributed by atoms with Crippen LogP contribution in [0.1, 0.15) is 13.3 Å². The molecule has 0 spiro atoms. The maximum Gasteiger partial charge on any atom is 0.177 e. The lowest BCUT2D eigenvalue weighted by Gasteiger charge is -2.16. The van der Waals surface area contributed by atoms with E-state index in [1.807, 2.05) is 19.2 Å². The first-order chi connectivity index (χ1) is 6.81. The Morgan fingerprint density at radius 3 is 3.07 bits per heavy atom. The normalized spacial score (nSPS) is 10.7. The molecule has 0 amide bonds. The average molecular weight is 191 g/mol. The fraction of sp³-hybridized carbons (Fsp3) is 0.444. The highest BCUT2D eigenvalue weighted by atomic mass is 15.4. The zero-order chi connectivity index (χ0) is 9.97. The third kappa shape index (κ3) is 1.53. The van der Waals surface area contributed by atoms with Gasteiger partial charge in [-0.3, -0.25) is 0 Å². The van der Waals surface area contributed by atoms with Gasteiger partial charge in [-0.2, -0.15) is 4.52 Å². The van der Waals surface area contributed by atoms with Gasteiger partial charge >= 0.3 is 0 Å². The standard InChI is InChI=1S/C9H13N5/c1-3-6-13(2)9-5-4-8-11-10-7-14(8)12-9/h4-5,7H,3,6H2,1-2H3. The second-order valence-electron chi connectivity index (χ2n) is 3.25. The highest BCUT2D eigenvalue weighted by Crippen LogP contribution is 2.08. The Hall–Kier alpha value is -1.65. The monoisotopic (exact) mass is 191 g/mol. The molecule has 0 unspecified atom stereocenters. The molecular weight excluding hydrogens is 178 g/mol. The summed E-state index contributed by atoms with van der Waals surface area (Å²) in [6, 6.07) is 3.88. The van der Waals surface area contributed by atoms with Gasteiger partial charge in [0.05, 0.1) is 0 Å². The molecule has 0 radical (unpaired) electrons. The van der Waals surface area contributed by atoms with Crippen LogP contribution < -0.4 is 4.90 Å². The number of aromatic nitrogens is 4. The molecule has 0 bridgehead atoms. The molecule has 5 heteroatoms. The highest BCUT2D eigenvalue weighted by molar-refractivity contribution is 5.44. The Balaban J connectivity index is 2.33. The molecule has 0 aliphatic carbocycles. The summed E-state index contributed by atoms with van der Waals surface area (Å²) in [5.74, 6) is 0.944. The highest BCUT2D eigenvalue weighted by Gasteiger charge is 2.02. The molecule has 2 heterocycles. The van der Waals surface area contributed by atoms with Crippen LogP contribution in [0.15, 0.2) is 18.5 Å². The number of rotatable bonds is 3. The fourth-order valence-corrected chi connectivity index (χ4v) is 1.37. The van der Waals surface area contributed by atoms with Crippen molar-refractivity contribution in [1.82, 2.24) is 19.8 Å². The van der Waals surface area contributed by atoms with Gasteiger partial charge in [-0.1, -0.05) is 6.92 Å². The zero-order valence-corrected chi connectivity index (χ0v) is 8.38. The zero-order valence-electron chi connectivity index (χ0n) is 8.38. The second kappa shape index (κ2) is 3.61. The van der Waals surface area contributed by atoms with Crippen molar-refractivity contribution in [3.05, 3.63) is 18.5 Å². The smallest absolute Gasteiger partial charge is 0.177 e. The summed E-state index contributed by atoms with van der Waals surface area (Å²) < 4.78 is 1.68. The average Bonchev–Trinajstić information content (AvgIpc) is 2.64. The molecule has 0 atom stereocenters. The Kier molecular flexibility index (Phi) is 2.30. The number of fused-ring (bicyclic) bond motifs is 1. The van der Waals surface area contributed by atoms with Crippen molar-refractivity contribution in [1.29, 1.82) is 0 Å². The second-order valence-corrected chi connectivity index (χ2v) is 3.25. The summed E-state index contributed by atoms with van der Waals surface area (Å²) in [6.07, 6.45) is 2.72. The quantitative estimate of drug-likeness (QED) is 0.725. The fourth-order valence-electron chi connectivity index (χ4n) is 1.37. The van der Waals surface area contributed by atoms with Gasteiger partial charge in [0.2, 0.25) is 0 Å². The first kappa shape index (κ1) is 8.93. The summed E-state index contributed by atoms with van der Waals surface area (Å²) in [6.45, 7) is 3.15. The number of nitrogens with zero attached hydrogens (tertiary/aromatic N) is 5. The molecule has 14 heavy (non-hydrogen) atoms. The van der Waals surface area contributed by atoms with E-state index >= 15 is 0 Å². The van der Waals surface area contributed by atoms with Crippen molar-refractivity contribution in [3.63, 3.8) is 0 Å². The lowest BCUT2D eigenvalue weighted by Crippen LogP contribution is -2.19. The minimum atomic E-state index is 0.777. The molecule has 74 valence electrons. The molecule has 2 rings (SSSR count). The molecule has 0 aliphatic heterocycles. The maximum absolute atomic E-state index is 4.37. The van der Waals surface area contributed by atoms with E-state index in [1.165, 1.54) is 0 Å². The molecule has 5 nitrogen and oxygen atoms in total. The maximum atomic E-state index is 4.37. The first-order valence-corrected chi connectivity index (χ1v) is 4.69.